The number of nitrogens with zero attached hydrogens (tertiary/aromatic N) is 2. The summed E-state index contributed by atoms with van der Waals surface area (Å²) in [5.74, 6) is 2.52. The Labute approximate surface area is 154 Å². The van der Waals surface area contributed by atoms with Gasteiger partial charge in [0.05, 0.1) is 24.4 Å². The second-order valence-electron chi connectivity index (χ2n) is 9.40. The van der Waals surface area contributed by atoms with E-state index in [0.29, 0.717) is 17.8 Å². The van der Waals surface area contributed by atoms with Crippen LogP contribution in [0.1, 0.15) is 46.0 Å². The first-order chi connectivity index (χ1) is 12.3. The van der Waals surface area contributed by atoms with Crippen molar-refractivity contribution in [2.45, 2.75) is 63.1 Å². The topological polar surface area (TPSA) is 53.0 Å². The Balaban J connectivity index is 1.48. The molecule has 4 bridgehead atoms. The molecule has 5 heteroatoms. The van der Waals surface area contributed by atoms with Gasteiger partial charge in [-0.25, -0.2) is 5.01 Å². The largest absolute Gasteiger partial charge is 0.497 e. The molecule has 6 rings (SSSR count). The zero-order chi connectivity index (χ0) is 18.3. The van der Waals surface area contributed by atoms with E-state index in [1.54, 1.807) is 7.11 Å². The predicted octanol–water partition coefficient (Wildman–Crippen LogP) is 2.98. The van der Waals surface area contributed by atoms with E-state index in [0.717, 1.165) is 43.5 Å². The minimum absolute atomic E-state index is 0.206. The number of hydrogen-bond donors (Lipinski definition) is 1. The SMILES string of the molecule is COc1ccc(N2N(C3C4CC5CC3CC(O)(C5)C4)C(=O)C2(C)C)cc1. The van der Waals surface area contributed by atoms with Gasteiger partial charge in [-0.3, -0.25) is 9.80 Å². The molecule has 1 aliphatic heterocycles. The molecule has 1 heterocycles. The summed E-state index contributed by atoms with van der Waals surface area (Å²) in [5.41, 5.74) is 0.0320. The number of benzene rings is 1. The van der Waals surface area contributed by atoms with Gasteiger partial charge in [0.25, 0.3) is 5.91 Å². The van der Waals surface area contributed by atoms with E-state index in [1.807, 2.05) is 43.1 Å². The summed E-state index contributed by atoms with van der Waals surface area (Å²) in [6, 6.07) is 8.19. The average Bonchev–Trinajstić information content (AvgIpc) is 2.59. The van der Waals surface area contributed by atoms with Crippen LogP contribution in [0.3, 0.4) is 0 Å². The Bertz CT molecular complexity index is 728. The van der Waals surface area contributed by atoms with Gasteiger partial charge in [-0.1, -0.05) is 0 Å². The van der Waals surface area contributed by atoms with Gasteiger partial charge < -0.3 is 9.84 Å². The van der Waals surface area contributed by atoms with Crippen LogP contribution in [0, 0.1) is 17.8 Å². The number of anilines is 1. The second-order valence-corrected chi connectivity index (χ2v) is 9.40. The molecule has 1 aromatic carbocycles. The first-order valence-electron chi connectivity index (χ1n) is 9.83. The number of carbonyl (C=O) groups excluding carboxylic acids is 1. The molecule has 0 aromatic heterocycles. The van der Waals surface area contributed by atoms with Crippen LogP contribution < -0.4 is 9.75 Å². The van der Waals surface area contributed by atoms with Crippen molar-refractivity contribution in [3.8, 4) is 5.75 Å². The van der Waals surface area contributed by atoms with Crippen LogP contribution in [0.15, 0.2) is 24.3 Å². The van der Waals surface area contributed by atoms with Crippen molar-refractivity contribution in [2.24, 2.45) is 17.8 Å². The number of aliphatic hydroxyl groups is 1. The third kappa shape index (κ3) is 2.10. The summed E-state index contributed by atoms with van der Waals surface area (Å²) in [4.78, 5) is 13.1. The molecule has 1 aromatic rings. The molecule has 26 heavy (non-hydrogen) atoms. The monoisotopic (exact) mass is 356 g/mol. The van der Waals surface area contributed by atoms with Gasteiger partial charge in [-0.05, 0) is 88.0 Å². The van der Waals surface area contributed by atoms with E-state index in [-0.39, 0.29) is 11.9 Å². The van der Waals surface area contributed by atoms with Crippen LogP contribution in [0.5, 0.6) is 5.75 Å². The van der Waals surface area contributed by atoms with Gasteiger partial charge in [0.2, 0.25) is 0 Å². The zero-order valence-electron chi connectivity index (χ0n) is 15.8. The van der Waals surface area contributed by atoms with E-state index in [9.17, 15) is 9.90 Å². The van der Waals surface area contributed by atoms with Crippen molar-refractivity contribution in [1.82, 2.24) is 5.01 Å². The smallest absolute Gasteiger partial charge is 0.268 e. The fourth-order valence-corrected chi connectivity index (χ4v) is 6.48. The maximum atomic E-state index is 13.1. The fourth-order valence-electron chi connectivity index (χ4n) is 6.48. The highest BCUT2D eigenvalue weighted by Crippen LogP contribution is 2.58. The normalized spacial score (nSPS) is 39.9. The Morgan fingerprint density at radius 2 is 1.69 bits per heavy atom. The number of methoxy groups -OCH3 is 1. The molecular weight excluding hydrogens is 328 g/mol. The zero-order valence-corrected chi connectivity index (χ0v) is 15.8. The number of amides is 1. The fraction of sp³-hybridized carbons (Fsp3) is 0.667. The summed E-state index contributed by atoms with van der Waals surface area (Å²) in [5, 5.41) is 15.1. The highest BCUT2D eigenvalue weighted by atomic mass is 16.5. The van der Waals surface area contributed by atoms with Crippen LogP contribution >= 0.6 is 0 Å². The van der Waals surface area contributed by atoms with Gasteiger partial charge in [0.15, 0.2) is 0 Å². The third-order valence-corrected chi connectivity index (χ3v) is 7.27. The molecule has 0 radical (unpaired) electrons. The van der Waals surface area contributed by atoms with Crippen molar-refractivity contribution >= 4 is 11.6 Å². The molecule has 5 fully saturated rings. The van der Waals surface area contributed by atoms with Gasteiger partial charge in [-0.15, -0.1) is 0 Å². The Morgan fingerprint density at radius 1 is 1.08 bits per heavy atom. The van der Waals surface area contributed by atoms with Gasteiger partial charge >= 0.3 is 0 Å². The molecule has 1 N–H and O–H groups in total. The molecule has 140 valence electrons. The lowest BCUT2D eigenvalue weighted by Gasteiger charge is -2.67. The molecule has 1 saturated heterocycles. The maximum Gasteiger partial charge on any atom is 0.268 e. The Hall–Kier alpha value is -1.75. The number of carbonyl (C=O) groups is 1. The standard InChI is InChI=1S/C21H28N2O3/c1-20(2)19(24)22(23(20)16-4-6-17(26-3)7-5-16)18-14-8-13-9-15(18)12-21(25,10-13)11-14/h4-7,13-15,18,25H,8-12H2,1-3H3. The lowest BCUT2D eigenvalue weighted by atomic mass is 9.52. The summed E-state index contributed by atoms with van der Waals surface area (Å²) < 4.78 is 5.28. The van der Waals surface area contributed by atoms with Crippen molar-refractivity contribution < 1.29 is 14.6 Å². The first-order valence-corrected chi connectivity index (χ1v) is 9.83. The van der Waals surface area contributed by atoms with Crippen LogP contribution in [0.25, 0.3) is 0 Å². The van der Waals surface area contributed by atoms with Crippen LogP contribution in [-0.2, 0) is 4.79 Å². The van der Waals surface area contributed by atoms with Crippen LogP contribution in [0.2, 0.25) is 0 Å². The highest BCUT2D eigenvalue weighted by molar-refractivity contribution is 5.98. The lowest BCUT2D eigenvalue weighted by Crippen LogP contribution is -2.80. The van der Waals surface area contributed by atoms with Crippen molar-refractivity contribution in [1.29, 1.82) is 0 Å². The van der Waals surface area contributed by atoms with E-state index >= 15 is 0 Å². The molecule has 5 aliphatic rings. The summed E-state index contributed by atoms with van der Waals surface area (Å²) in [7, 11) is 1.66. The predicted molar refractivity (Wildman–Crippen MR) is 98.7 cm³/mol. The Morgan fingerprint density at radius 3 is 2.23 bits per heavy atom. The van der Waals surface area contributed by atoms with Crippen molar-refractivity contribution in [3.05, 3.63) is 24.3 Å². The quantitative estimate of drug-likeness (QED) is 0.905. The second kappa shape index (κ2) is 5.16. The van der Waals surface area contributed by atoms with E-state index in [4.69, 9.17) is 4.74 Å². The molecule has 4 saturated carbocycles. The molecular formula is C21H28N2O3. The summed E-state index contributed by atoms with van der Waals surface area (Å²) >= 11 is 0. The summed E-state index contributed by atoms with van der Waals surface area (Å²) in [6.07, 6.45) is 4.99. The molecule has 2 unspecified atom stereocenters. The van der Waals surface area contributed by atoms with E-state index in [2.05, 4.69) is 5.01 Å². The van der Waals surface area contributed by atoms with Crippen LogP contribution in [-0.4, -0.2) is 40.3 Å². The number of rotatable bonds is 3. The maximum absolute atomic E-state index is 13.1. The minimum atomic E-state index is -0.528. The lowest BCUT2D eigenvalue weighted by molar-refractivity contribution is -0.190. The van der Waals surface area contributed by atoms with Crippen LogP contribution in [0.4, 0.5) is 5.69 Å². The van der Waals surface area contributed by atoms with E-state index < -0.39 is 11.1 Å². The van der Waals surface area contributed by atoms with E-state index in [1.165, 1.54) is 0 Å². The minimum Gasteiger partial charge on any atom is -0.497 e. The highest BCUT2D eigenvalue weighted by Gasteiger charge is 2.63. The molecule has 5 nitrogen and oxygen atoms in total. The van der Waals surface area contributed by atoms with Gasteiger partial charge in [-0.2, -0.15) is 0 Å². The Kier molecular flexibility index (Phi) is 3.26. The van der Waals surface area contributed by atoms with Crippen molar-refractivity contribution in [2.75, 3.05) is 12.1 Å². The number of ether oxygens (including phenoxy) is 1. The average molecular weight is 356 g/mol. The molecule has 4 aliphatic carbocycles. The molecule has 2 atom stereocenters. The third-order valence-electron chi connectivity index (χ3n) is 7.27. The van der Waals surface area contributed by atoms with Gasteiger partial charge in [0, 0.05) is 0 Å². The van der Waals surface area contributed by atoms with Gasteiger partial charge in [0.1, 0.15) is 11.3 Å². The number of hydrazine groups is 1. The summed E-state index contributed by atoms with van der Waals surface area (Å²) in [6.45, 7) is 4.00. The number of hydrogen-bond acceptors (Lipinski definition) is 4. The first kappa shape index (κ1) is 16.4. The molecule has 1 amide bonds. The van der Waals surface area contributed by atoms with Crippen molar-refractivity contribution in [3.63, 3.8) is 0 Å². The molecule has 0 spiro atoms.